The van der Waals surface area contributed by atoms with Gasteiger partial charge in [0.1, 0.15) is 5.01 Å². The summed E-state index contributed by atoms with van der Waals surface area (Å²) in [5.41, 5.74) is 6.76. The molecule has 6 nitrogen and oxygen atoms in total. The van der Waals surface area contributed by atoms with Crippen LogP contribution in [0.3, 0.4) is 0 Å². The Hall–Kier alpha value is -1.67. The number of aromatic nitrogens is 2. The number of aryl methyl sites for hydroxylation is 1. The molecule has 0 aliphatic heterocycles. The highest BCUT2D eigenvalue weighted by Crippen LogP contribution is 2.24. The van der Waals surface area contributed by atoms with E-state index in [0.29, 0.717) is 17.2 Å². The number of nitrogens with two attached hydrogens (primary N) is 1. The zero-order valence-corrected chi connectivity index (χ0v) is 13.8. The van der Waals surface area contributed by atoms with E-state index in [9.17, 15) is 8.42 Å². The van der Waals surface area contributed by atoms with Crippen molar-refractivity contribution in [3.05, 3.63) is 28.8 Å². The summed E-state index contributed by atoms with van der Waals surface area (Å²) in [5, 5.41) is 8.97. The first-order valence-corrected chi connectivity index (χ1v) is 8.79. The number of anilines is 2. The highest BCUT2D eigenvalue weighted by Gasteiger charge is 2.19. The maximum absolute atomic E-state index is 12.4. The second-order valence-electron chi connectivity index (χ2n) is 5.23. The molecule has 1 aromatic heterocycles. The fourth-order valence-corrected chi connectivity index (χ4v) is 4.28. The van der Waals surface area contributed by atoms with Crippen LogP contribution in [0.15, 0.2) is 23.1 Å². The zero-order chi connectivity index (χ0) is 15.6. The normalized spacial score (nSPS) is 11.8. The van der Waals surface area contributed by atoms with Crippen LogP contribution in [-0.4, -0.2) is 18.6 Å². The summed E-state index contributed by atoms with van der Waals surface area (Å²) >= 11 is 1.25. The predicted octanol–water partition coefficient (Wildman–Crippen LogP) is 2.43. The van der Waals surface area contributed by atoms with E-state index in [2.05, 4.69) is 28.8 Å². The molecule has 0 unspecified atom stereocenters. The van der Waals surface area contributed by atoms with Crippen molar-refractivity contribution in [1.29, 1.82) is 0 Å². The van der Waals surface area contributed by atoms with Crippen molar-refractivity contribution in [3.63, 3.8) is 0 Å². The molecule has 0 bridgehead atoms. The van der Waals surface area contributed by atoms with Crippen LogP contribution in [-0.2, 0) is 16.4 Å². The standard InChI is InChI=1S/C13H18N4O2S2/c1-8(2)6-12-15-16-13(20-12)17-21(18,19)11-5-4-10(14)7-9(11)3/h4-5,7-8H,6,14H2,1-3H3,(H,16,17). The molecule has 1 aromatic carbocycles. The Labute approximate surface area is 128 Å². The fourth-order valence-electron chi connectivity index (χ4n) is 1.87. The molecule has 114 valence electrons. The van der Waals surface area contributed by atoms with Crippen LogP contribution in [0.4, 0.5) is 10.8 Å². The molecule has 0 aliphatic rings. The summed E-state index contributed by atoms with van der Waals surface area (Å²) in [5.74, 6) is 0.446. The topological polar surface area (TPSA) is 98.0 Å². The van der Waals surface area contributed by atoms with Crippen LogP contribution in [0.5, 0.6) is 0 Å². The van der Waals surface area contributed by atoms with E-state index in [1.54, 1.807) is 19.1 Å². The largest absolute Gasteiger partial charge is 0.399 e. The number of hydrogen-bond donors (Lipinski definition) is 2. The molecule has 0 fully saturated rings. The average molecular weight is 326 g/mol. The van der Waals surface area contributed by atoms with Crippen LogP contribution in [0.2, 0.25) is 0 Å². The molecule has 0 radical (unpaired) electrons. The SMILES string of the molecule is Cc1cc(N)ccc1S(=O)(=O)Nc1nnc(CC(C)C)s1. The molecule has 0 amide bonds. The highest BCUT2D eigenvalue weighted by atomic mass is 32.2. The molecular weight excluding hydrogens is 308 g/mol. The van der Waals surface area contributed by atoms with Gasteiger partial charge in [-0.3, -0.25) is 4.72 Å². The van der Waals surface area contributed by atoms with Gasteiger partial charge in [0.2, 0.25) is 5.13 Å². The quantitative estimate of drug-likeness (QED) is 0.822. The van der Waals surface area contributed by atoms with Crippen molar-refractivity contribution >= 4 is 32.2 Å². The Bertz CT molecular complexity index is 738. The monoisotopic (exact) mass is 326 g/mol. The summed E-state index contributed by atoms with van der Waals surface area (Å²) < 4.78 is 27.2. The Kier molecular flexibility index (Phi) is 4.48. The Morgan fingerprint density at radius 1 is 1.33 bits per heavy atom. The third-order valence-electron chi connectivity index (χ3n) is 2.76. The van der Waals surface area contributed by atoms with Crippen molar-refractivity contribution in [2.24, 2.45) is 5.92 Å². The van der Waals surface area contributed by atoms with Crippen molar-refractivity contribution in [2.45, 2.75) is 32.1 Å². The Morgan fingerprint density at radius 3 is 2.67 bits per heavy atom. The van der Waals surface area contributed by atoms with Crippen LogP contribution in [0.1, 0.15) is 24.4 Å². The van der Waals surface area contributed by atoms with Gasteiger partial charge in [-0.2, -0.15) is 0 Å². The summed E-state index contributed by atoms with van der Waals surface area (Å²) in [6.45, 7) is 5.85. The summed E-state index contributed by atoms with van der Waals surface area (Å²) in [7, 11) is -3.67. The summed E-state index contributed by atoms with van der Waals surface area (Å²) in [4.78, 5) is 0.192. The lowest BCUT2D eigenvalue weighted by Gasteiger charge is -2.08. The van der Waals surface area contributed by atoms with Gasteiger partial charge in [-0.15, -0.1) is 10.2 Å². The number of nitrogens with one attached hydrogen (secondary N) is 1. The second kappa shape index (κ2) is 5.98. The first-order chi connectivity index (χ1) is 9.78. The number of nitrogen functional groups attached to an aromatic ring is 1. The maximum Gasteiger partial charge on any atom is 0.263 e. The van der Waals surface area contributed by atoms with Gasteiger partial charge in [-0.05, 0) is 36.6 Å². The fraction of sp³-hybridized carbons (Fsp3) is 0.385. The van der Waals surface area contributed by atoms with Crippen molar-refractivity contribution < 1.29 is 8.42 Å². The molecule has 8 heteroatoms. The molecule has 2 rings (SSSR count). The highest BCUT2D eigenvalue weighted by molar-refractivity contribution is 7.93. The number of nitrogens with zero attached hydrogens (tertiary/aromatic N) is 2. The lowest BCUT2D eigenvalue weighted by Crippen LogP contribution is -2.14. The molecule has 0 aliphatic carbocycles. The van der Waals surface area contributed by atoms with Crippen LogP contribution < -0.4 is 10.5 Å². The minimum atomic E-state index is -3.67. The first kappa shape index (κ1) is 15.7. The van der Waals surface area contributed by atoms with Crippen LogP contribution >= 0.6 is 11.3 Å². The second-order valence-corrected chi connectivity index (χ2v) is 7.94. The predicted molar refractivity (Wildman–Crippen MR) is 84.9 cm³/mol. The Balaban J connectivity index is 2.23. The van der Waals surface area contributed by atoms with E-state index >= 15 is 0 Å². The smallest absolute Gasteiger partial charge is 0.263 e. The molecule has 0 saturated carbocycles. The van der Waals surface area contributed by atoms with E-state index in [4.69, 9.17) is 5.73 Å². The van der Waals surface area contributed by atoms with Gasteiger partial charge in [0, 0.05) is 12.1 Å². The van der Waals surface area contributed by atoms with Gasteiger partial charge < -0.3 is 5.73 Å². The van der Waals surface area contributed by atoms with Crippen molar-refractivity contribution in [1.82, 2.24) is 10.2 Å². The van der Waals surface area contributed by atoms with Gasteiger partial charge in [-0.1, -0.05) is 25.2 Å². The molecule has 0 spiro atoms. The number of hydrogen-bond acceptors (Lipinski definition) is 6. The van der Waals surface area contributed by atoms with E-state index in [-0.39, 0.29) is 10.0 Å². The van der Waals surface area contributed by atoms with Gasteiger partial charge in [0.15, 0.2) is 0 Å². The summed E-state index contributed by atoms with van der Waals surface area (Å²) in [6.07, 6.45) is 0.778. The van der Waals surface area contributed by atoms with Gasteiger partial charge >= 0.3 is 0 Å². The average Bonchev–Trinajstić information content (AvgIpc) is 2.73. The number of rotatable bonds is 5. The van der Waals surface area contributed by atoms with E-state index in [1.807, 2.05) is 0 Å². The zero-order valence-electron chi connectivity index (χ0n) is 12.1. The lowest BCUT2D eigenvalue weighted by atomic mass is 10.1. The number of benzene rings is 1. The van der Waals surface area contributed by atoms with Crippen molar-refractivity contribution in [2.75, 3.05) is 10.5 Å². The van der Waals surface area contributed by atoms with Gasteiger partial charge in [-0.25, -0.2) is 8.42 Å². The third kappa shape index (κ3) is 3.92. The Morgan fingerprint density at radius 2 is 2.05 bits per heavy atom. The van der Waals surface area contributed by atoms with Crippen molar-refractivity contribution in [3.8, 4) is 0 Å². The van der Waals surface area contributed by atoms with Gasteiger partial charge in [0.25, 0.3) is 10.0 Å². The number of sulfonamides is 1. The molecule has 21 heavy (non-hydrogen) atoms. The minimum Gasteiger partial charge on any atom is -0.399 e. The van der Waals surface area contributed by atoms with Crippen LogP contribution in [0, 0.1) is 12.8 Å². The molecule has 2 aromatic rings. The van der Waals surface area contributed by atoms with E-state index < -0.39 is 10.0 Å². The molecule has 0 atom stereocenters. The first-order valence-electron chi connectivity index (χ1n) is 6.49. The molecule has 1 heterocycles. The van der Waals surface area contributed by atoms with E-state index in [0.717, 1.165) is 11.4 Å². The minimum absolute atomic E-state index is 0.192. The molecule has 3 N–H and O–H groups in total. The lowest BCUT2D eigenvalue weighted by molar-refractivity contribution is 0.600. The molecular formula is C13H18N4O2S2. The van der Waals surface area contributed by atoms with E-state index in [1.165, 1.54) is 17.4 Å². The van der Waals surface area contributed by atoms with Gasteiger partial charge in [0.05, 0.1) is 4.90 Å². The maximum atomic E-state index is 12.4. The summed E-state index contributed by atoms with van der Waals surface area (Å²) in [6, 6.07) is 4.67. The molecule has 0 saturated heterocycles. The third-order valence-corrected chi connectivity index (χ3v) is 5.25. The van der Waals surface area contributed by atoms with Crippen LogP contribution in [0.25, 0.3) is 0 Å².